The Labute approximate surface area is 90.0 Å². The van der Waals surface area contributed by atoms with Crippen LogP contribution in [0.2, 0.25) is 0 Å². The molecule has 88 valence electrons. The van der Waals surface area contributed by atoms with Gasteiger partial charge in [0.25, 0.3) is 5.91 Å². The molecule has 0 aromatic carbocycles. The van der Waals surface area contributed by atoms with Crippen molar-refractivity contribution in [2.45, 2.75) is 33.3 Å². The van der Waals surface area contributed by atoms with Crippen molar-refractivity contribution >= 4 is 11.9 Å². The maximum Gasteiger partial charge on any atom is 0.325 e. The van der Waals surface area contributed by atoms with Gasteiger partial charge in [-0.3, -0.25) is 9.59 Å². The number of carbonyl (C=O) groups is 2. The van der Waals surface area contributed by atoms with E-state index in [0.29, 0.717) is 6.54 Å². The minimum absolute atomic E-state index is 0.118. The highest BCUT2D eigenvalue weighted by Crippen LogP contribution is 2.07. The van der Waals surface area contributed by atoms with Crippen molar-refractivity contribution in [2.75, 3.05) is 19.7 Å². The third-order valence-electron chi connectivity index (χ3n) is 1.82. The lowest BCUT2D eigenvalue weighted by atomic mass is 10.1. The predicted octanol–water partition coefficient (Wildman–Crippen LogP) is 0.169. The van der Waals surface area contributed by atoms with Gasteiger partial charge in [0.15, 0.2) is 0 Å². The third kappa shape index (κ3) is 4.78. The van der Waals surface area contributed by atoms with Crippen molar-refractivity contribution in [3.8, 4) is 0 Å². The molecule has 15 heavy (non-hydrogen) atoms. The molecule has 0 aromatic heterocycles. The van der Waals surface area contributed by atoms with E-state index < -0.39 is 17.5 Å². The zero-order valence-corrected chi connectivity index (χ0v) is 9.74. The number of aliphatic hydroxyl groups is 1. The highest BCUT2D eigenvalue weighted by Gasteiger charge is 2.29. The van der Waals surface area contributed by atoms with Crippen LogP contribution in [0.3, 0.4) is 0 Å². The highest BCUT2D eigenvalue weighted by molar-refractivity contribution is 5.87. The molecule has 0 saturated heterocycles. The molecule has 5 nitrogen and oxygen atoms in total. The molecule has 0 rings (SSSR count). The van der Waals surface area contributed by atoms with Gasteiger partial charge in [0.2, 0.25) is 0 Å². The summed E-state index contributed by atoms with van der Waals surface area (Å²) in [4.78, 5) is 24.0. The summed E-state index contributed by atoms with van der Waals surface area (Å²) < 4.78 is 4.72. The molecule has 0 aliphatic carbocycles. The first kappa shape index (κ1) is 13.9. The second-order valence-corrected chi connectivity index (χ2v) is 3.68. The Hall–Kier alpha value is -1.10. The Morgan fingerprint density at radius 1 is 1.33 bits per heavy atom. The molecule has 0 aromatic rings. The van der Waals surface area contributed by atoms with E-state index in [4.69, 9.17) is 4.74 Å². The molecule has 1 amide bonds. The van der Waals surface area contributed by atoms with Crippen LogP contribution in [0.1, 0.15) is 27.7 Å². The van der Waals surface area contributed by atoms with Gasteiger partial charge < -0.3 is 14.7 Å². The van der Waals surface area contributed by atoms with E-state index in [1.54, 1.807) is 13.8 Å². The summed E-state index contributed by atoms with van der Waals surface area (Å²) in [5.41, 5.74) is -1.46. The van der Waals surface area contributed by atoms with E-state index >= 15 is 0 Å². The van der Waals surface area contributed by atoms with Crippen molar-refractivity contribution in [2.24, 2.45) is 0 Å². The number of carbonyl (C=O) groups excluding carboxylic acids is 2. The zero-order valence-electron chi connectivity index (χ0n) is 9.74. The second kappa shape index (κ2) is 5.70. The first-order chi connectivity index (χ1) is 6.82. The van der Waals surface area contributed by atoms with Crippen LogP contribution in [-0.4, -0.2) is 47.2 Å². The van der Waals surface area contributed by atoms with Crippen molar-refractivity contribution in [3.05, 3.63) is 0 Å². The van der Waals surface area contributed by atoms with E-state index in [1.165, 1.54) is 18.7 Å². The smallest absolute Gasteiger partial charge is 0.325 e. The van der Waals surface area contributed by atoms with Gasteiger partial charge in [0.1, 0.15) is 12.1 Å². The fourth-order valence-corrected chi connectivity index (χ4v) is 1.08. The van der Waals surface area contributed by atoms with Crippen LogP contribution in [0, 0.1) is 0 Å². The summed E-state index contributed by atoms with van der Waals surface area (Å²) in [6.45, 7) is 6.75. The van der Waals surface area contributed by atoms with Gasteiger partial charge in [-0.1, -0.05) is 0 Å². The Bertz CT molecular complexity index is 232. The number of hydrogen-bond donors (Lipinski definition) is 1. The topological polar surface area (TPSA) is 66.8 Å². The fraction of sp³-hybridized carbons (Fsp3) is 0.800. The normalized spacial score (nSPS) is 11.0. The summed E-state index contributed by atoms with van der Waals surface area (Å²) in [5, 5.41) is 9.49. The summed E-state index contributed by atoms with van der Waals surface area (Å²) in [6.07, 6.45) is 0. The first-order valence-corrected chi connectivity index (χ1v) is 5.00. The number of esters is 1. The molecule has 0 spiro atoms. The van der Waals surface area contributed by atoms with Crippen molar-refractivity contribution in [1.82, 2.24) is 4.90 Å². The molecule has 0 unspecified atom stereocenters. The lowest BCUT2D eigenvalue weighted by Gasteiger charge is -2.26. The Morgan fingerprint density at radius 2 is 1.87 bits per heavy atom. The minimum Gasteiger partial charge on any atom is -0.465 e. The number of nitrogens with zero attached hydrogens (tertiary/aromatic N) is 1. The Morgan fingerprint density at radius 3 is 2.20 bits per heavy atom. The standard InChI is InChI=1S/C10H19NO4/c1-5-11(7-8(12)15-6-2)9(13)10(3,4)14/h14H,5-7H2,1-4H3. The van der Waals surface area contributed by atoms with E-state index in [1.807, 2.05) is 0 Å². The van der Waals surface area contributed by atoms with Crippen LogP contribution in [0.4, 0.5) is 0 Å². The lowest BCUT2D eigenvalue weighted by Crippen LogP contribution is -2.47. The monoisotopic (exact) mass is 217 g/mol. The van der Waals surface area contributed by atoms with Gasteiger partial charge in [0.05, 0.1) is 6.61 Å². The molecule has 0 aliphatic heterocycles. The first-order valence-electron chi connectivity index (χ1n) is 5.00. The molecule has 1 N–H and O–H groups in total. The number of amides is 1. The van der Waals surface area contributed by atoms with Gasteiger partial charge in [0, 0.05) is 6.54 Å². The van der Waals surface area contributed by atoms with Crippen LogP contribution < -0.4 is 0 Å². The van der Waals surface area contributed by atoms with Gasteiger partial charge in [-0.15, -0.1) is 0 Å². The summed E-state index contributed by atoms with van der Waals surface area (Å²) >= 11 is 0. The third-order valence-corrected chi connectivity index (χ3v) is 1.82. The highest BCUT2D eigenvalue weighted by atomic mass is 16.5. The van der Waals surface area contributed by atoms with E-state index in [-0.39, 0.29) is 13.2 Å². The fourth-order valence-electron chi connectivity index (χ4n) is 1.08. The second-order valence-electron chi connectivity index (χ2n) is 3.68. The SMILES string of the molecule is CCOC(=O)CN(CC)C(=O)C(C)(C)O. The van der Waals surface area contributed by atoms with Gasteiger partial charge in [-0.25, -0.2) is 0 Å². The van der Waals surface area contributed by atoms with Crippen LogP contribution in [0.15, 0.2) is 0 Å². The summed E-state index contributed by atoms with van der Waals surface area (Å²) in [6, 6.07) is 0. The van der Waals surface area contributed by atoms with E-state index in [2.05, 4.69) is 0 Å². The molecular weight excluding hydrogens is 198 g/mol. The number of likely N-dealkylation sites (N-methyl/N-ethyl adjacent to an activating group) is 1. The van der Waals surface area contributed by atoms with Crippen molar-refractivity contribution < 1.29 is 19.4 Å². The van der Waals surface area contributed by atoms with Crippen LogP contribution in [0.5, 0.6) is 0 Å². The maximum atomic E-state index is 11.6. The van der Waals surface area contributed by atoms with Crippen molar-refractivity contribution in [3.63, 3.8) is 0 Å². The van der Waals surface area contributed by atoms with Gasteiger partial charge >= 0.3 is 5.97 Å². The molecule has 0 fully saturated rings. The summed E-state index contributed by atoms with van der Waals surface area (Å²) in [7, 11) is 0. The summed E-state index contributed by atoms with van der Waals surface area (Å²) in [5.74, 6) is -0.935. The quantitative estimate of drug-likeness (QED) is 0.666. The van der Waals surface area contributed by atoms with Crippen LogP contribution in [-0.2, 0) is 14.3 Å². The van der Waals surface area contributed by atoms with Crippen LogP contribution >= 0.6 is 0 Å². The maximum absolute atomic E-state index is 11.6. The Kier molecular flexibility index (Phi) is 5.28. The average molecular weight is 217 g/mol. The minimum atomic E-state index is -1.46. The van der Waals surface area contributed by atoms with Gasteiger partial charge in [-0.05, 0) is 27.7 Å². The lowest BCUT2D eigenvalue weighted by molar-refractivity contribution is -0.155. The molecule has 0 aliphatic rings. The molecular formula is C10H19NO4. The van der Waals surface area contributed by atoms with Crippen molar-refractivity contribution in [1.29, 1.82) is 0 Å². The van der Waals surface area contributed by atoms with Gasteiger partial charge in [-0.2, -0.15) is 0 Å². The van der Waals surface area contributed by atoms with E-state index in [9.17, 15) is 14.7 Å². The molecule has 0 radical (unpaired) electrons. The van der Waals surface area contributed by atoms with E-state index in [0.717, 1.165) is 0 Å². The molecule has 0 heterocycles. The Balaban J connectivity index is 4.38. The average Bonchev–Trinajstić information content (AvgIpc) is 2.12. The largest absolute Gasteiger partial charge is 0.465 e. The number of ether oxygens (including phenoxy) is 1. The van der Waals surface area contributed by atoms with Crippen LogP contribution in [0.25, 0.3) is 0 Å². The molecule has 5 heteroatoms. The molecule has 0 bridgehead atoms. The zero-order chi connectivity index (χ0) is 12.1. The predicted molar refractivity (Wildman–Crippen MR) is 55.2 cm³/mol. The number of hydrogen-bond acceptors (Lipinski definition) is 4. The molecule has 0 saturated carbocycles. The number of rotatable bonds is 5. The molecule has 0 atom stereocenters.